The van der Waals surface area contributed by atoms with Crippen LogP contribution in [-0.2, 0) is 26.4 Å². The summed E-state index contributed by atoms with van der Waals surface area (Å²) >= 11 is 1.19. The van der Waals surface area contributed by atoms with Crippen molar-refractivity contribution in [3.05, 3.63) is 94.4 Å². The lowest BCUT2D eigenvalue weighted by Gasteiger charge is -2.15. The highest BCUT2D eigenvalue weighted by atomic mass is 32.2. The zero-order chi connectivity index (χ0) is 26.7. The molecule has 3 aromatic carbocycles. The Morgan fingerprint density at radius 2 is 1.76 bits per heavy atom. The van der Waals surface area contributed by atoms with E-state index in [4.69, 9.17) is 10.00 Å². The lowest BCUT2D eigenvalue weighted by atomic mass is 10.1. The number of nitrogens with one attached hydrogen (secondary N) is 2. The van der Waals surface area contributed by atoms with Gasteiger partial charge in [0.25, 0.3) is 11.8 Å². The van der Waals surface area contributed by atoms with Crippen LogP contribution >= 0.6 is 11.8 Å². The molecular formula is C26H19N5O5S2. The summed E-state index contributed by atoms with van der Waals surface area (Å²) in [5.41, 5.74) is 3.30. The van der Waals surface area contributed by atoms with Gasteiger partial charge in [0.2, 0.25) is 0 Å². The smallest absolute Gasteiger partial charge is 0.326 e. The normalized spacial score (nSPS) is 17.2. The molecule has 2 N–H and O–H groups in total. The molecule has 38 heavy (non-hydrogen) atoms. The number of amides is 2. The SMILES string of the molecule is N#Cc1ccc(COc2ccc(/C=C3\SC(Nc4ccc(N5CC(=O)NS5(=O)=O)cc4)=NC3=O)cc2)cc1. The van der Waals surface area contributed by atoms with E-state index in [2.05, 4.69) is 16.4 Å². The fourth-order valence-corrected chi connectivity index (χ4v) is 5.61. The van der Waals surface area contributed by atoms with Gasteiger partial charge in [0, 0.05) is 5.69 Å². The number of amidine groups is 1. The van der Waals surface area contributed by atoms with Crippen LogP contribution in [0.25, 0.3) is 6.08 Å². The first-order chi connectivity index (χ1) is 18.3. The summed E-state index contributed by atoms with van der Waals surface area (Å²) in [6.07, 6.45) is 1.74. The van der Waals surface area contributed by atoms with E-state index in [9.17, 15) is 18.0 Å². The van der Waals surface area contributed by atoms with E-state index in [0.29, 0.717) is 39.4 Å². The van der Waals surface area contributed by atoms with Crippen molar-refractivity contribution < 1.29 is 22.7 Å². The lowest BCUT2D eigenvalue weighted by Crippen LogP contribution is -2.29. The van der Waals surface area contributed by atoms with Gasteiger partial charge in [0.15, 0.2) is 5.17 Å². The van der Waals surface area contributed by atoms with E-state index in [1.165, 1.54) is 11.8 Å². The predicted octanol–water partition coefficient (Wildman–Crippen LogP) is 3.40. The number of hydrogen-bond acceptors (Lipinski definition) is 8. The van der Waals surface area contributed by atoms with Gasteiger partial charge in [-0.1, -0.05) is 24.3 Å². The molecule has 2 amide bonds. The Balaban J connectivity index is 1.17. The Bertz CT molecular complexity index is 1610. The summed E-state index contributed by atoms with van der Waals surface area (Å²) in [7, 11) is -3.87. The zero-order valence-corrected chi connectivity index (χ0v) is 21.3. The molecule has 0 bridgehead atoms. The molecule has 10 nitrogen and oxygen atoms in total. The lowest BCUT2D eigenvalue weighted by molar-refractivity contribution is -0.117. The largest absolute Gasteiger partial charge is 0.489 e. The first-order valence-electron chi connectivity index (χ1n) is 11.2. The first-order valence-corrected chi connectivity index (χ1v) is 13.5. The monoisotopic (exact) mass is 545 g/mol. The molecule has 5 rings (SSSR count). The fraction of sp³-hybridized carbons (Fsp3) is 0.0769. The van der Waals surface area contributed by atoms with Crippen LogP contribution < -0.4 is 19.1 Å². The third kappa shape index (κ3) is 5.69. The maximum absolute atomic E-state index is 12.4. The number of carbonyl (C=O) groups excluding carboxylic acids is 2. The van der Waals surface area contributed by atoms with Crippen LogP contribution in [0.5, 0.6) is 5.75 Å². The molecule has 3 aromatic rings. The average molecular weight is 546 g/mol. The third-order valence-electron chi connectivity index (χ3n) is 5.51. The Morgan fingerprint density at radius 3 is 2.39 bits per heavy atom. The Hall–Kier alpha value is -4.60. The van der Waals surface area contributed by atoms with E-state index in [-0.39, 0.29) is 12.5 Å². The summed E-state index contributed by atoms with van der Waals surface area (Å²) in [5.74, 6) is -0.291. The number of rotatable bonds is 6. The van der Waals surface area contributed by atoms with Crippen molar-refractivity contribution in [3.8, 4) is 11.8 Å². The fourth-order valence-electron chi connectivity index (χ4n) is 3.63. The minimum atomic E-state index is -3.87. The van der Waals surface area contributed by atoms with Crippen molar-refractivity contribution in [1.82, 2.24) is 4.72 Å². The van der Waals surface area contributed by atoms with E-state index >= 15 is 0 Å². The molecule has 2 aliphatic heterocycles. The maximum atomic E-state index is 12.4. The number of nitriles is 1. The van der Waals surface area contributed by atoms with Gasteiger partial charge in [-0.2, -0.15) is 18.7 Å². The molecule has 1 fully saturated rings. The molecule has 190 valence electrons. The van der Waals surface area contributed by atoms with Crippen molar-refractivity contribution in [2.45, 2.75) is 6.61 Å². The molecule has 0 spiro atoms. The number of nitrogens with zero attached hydrogens (tertiary/aromatic N) is 3. The van der Waals surface area contributed by atoms with Gasteiger partial charge < -0.3 is 10.1 Å². The summed E-state index contributed by atoms with van der Waals surface area (Å²) in [5, 5.41) is 12.3. The highest BCUT2D eigenvalue weighted by molar-refractivity contribution is 8.18. The average Bonchev–Trinajstić information content (AvgIpc) is 3.39. The molecular weight excluding hydrogens is 526 g/mol. The molecule has 0 atom stereocenters. The molecule has 2 heterocycles. The van der Waals surface area contributed by atoms with Gasteiger partial charge in [0.1, 0.15) is 18.9 Å². The molecule has 0 saturated carbocycles. The van der Waals surface area contributed by atoms with Crippen molar-refractivity contribution in [2.24, 2.45) is 4.99 Å². The van der Waals surface area contributed by atoms with Crippen LogP contribution in [0.15, 0.2) is 82.7 Å². The van der Waals surface area contributed by atoms with Crippen LogP contribution in [0.4, 0.5) is 11.4 Å². The van der Waals surface area contributed by atoms with Crippen LogP contribution in [0.2, 0.25) is 0 Å². The summed E-state index contributed by atoms with van der Waals surface area (Å²) in [6.45, 7) is 0.0950. The maximum Gasteiger partial charge on any atom is 0.326 e. The summed E-state index contributed by atoms with van der Waals surface area (Å²) in [6, 6.07) is 23.0. The number of carbonyl (C=O) groups is 2. The molecule has 1 saturated heterocycles. The predicted molar refractivity (Wildman–Crippen MR) is 144 cm³/mol. The summed E-state index contributed by atoms with van der Waals surface area (Å²) in [4.78, 5) is 28.3. The standard InChI is InChI=1S/C26H19N5O5S2/c27-14-18-1-3-19(4-2-18)16-36-22-11-5-17(6-12-22)13-23-25(33)29-26(37-23)28-20-7-9-21(10-8-20)31-15-24(32)30-38(31,34)35/h1-13H,15-16H2,(H,30,32)(H,28,29,33)/b23-13-. The van der Waals surface area contributed by atoms with Crippen LogP contribution in [-0.4, -0.2) is 31.9 Å². The van der Waals surface area contributed by atoms with E-state index in [0.717, 1.165) is 15.4 Å². The van der Waals surface area contributed by atoms with Crippen LogP contribution in [0.3, 0.4) is 0 Å². The van der Waals surface area contributed by atoms with Gasteiger partial charge in [-0.3, -0.25) is 9.59 Å². The molecule has 0 aliphatic carbocycles. The quantitative estimate of drug-likeness (QED) is 0.449. The number of aliphatic imine (C=N–C) groups is 1. The second-order valence-corrected chi connectivity index (χ2v) is 10.8. The van der Waals surface area contributed by atoms with Gasteiger partial charge in [0.05, 0.1) is 22.2 Å². The highest BCUT2D eigenvalue weighted by Crippen LogP contribution is 2.30. The van der Waals surface area contributed by atoms with Crippen molar-refractivity contribution in [2.75, 3.05) is 16.2 Å². The summed E-state index contributed by atoms with van der Waals surface area (Å²) < 4.78 is 32.7. The number of hydrogen-bond donors (Lipinski definition) is 2. The van der Waals surface area contributed by atoms with Gasteiger partial charge >= 0.3 is 10.2 Å². The minimum absolute atomic E-state index is 0.273. The third-order valence-corrected chi connectivity index (χ3v) is 7.82. The number of benzene rings is 3. The zero-order valence-electron chi connectivity index (χ0n) is 19.6. The van der Waals surface area contributed by atoms with Gasteiger partial charge in [-0.25, -0.2) is 9.03 Å². The van der Waals surface area contributed by atoms with Gasteiger partial charge in [-0.15, -0.1) is 0 Å². The van der Waals surface area contributed by atoms with E-state index < -0.39 is 16.1 Å². The second-order valence-electron chi connectivity index (χ2n) is 8.21. The van der Waals surface area contributed by atoms with Crippen LogP contribution in [0.1, 0.15) is 16.7 Å². The molecule has 0 unspecified atom stereocenters. The van der Waals surface area contributed by atoms with Crippen molar-refractivity contribution >= 4 is 56.4 Å². The highest BCUT2D eigenvalue weighted by Gasteiger charge is 2.33. The number of thioether (sulfide) groups is 1. The second kappa shape index (κ2) is 10.4. The Labute approximate surface area is 222 Å². The molecule has 12 heteroatoms. The molecule has 0 aromatic heterocycles. The van der Waals surface area contributed by atoms with E-state index in [1.807, 2.05) is 41.1 Å². The van der Waals surface area contributed by atoms with E-state index in [1.54, 1.807) is 42.5 Å². The Morgan fingerprint density at radius 1 is 1.05 bits per heavy atom. The van der Waals surface area contributed by atoms with Crippen molar-refractivity contribution in [1.29, 1.82) is 5.26 Å². The number of anilines is 2. The molecule has 0 radical (unpaired) electrons. The number of ether oxygens (including phenoxy) is 1. The van der Waals surface area contributed by atoms with Crippen LogP contribution in [0, 0.1) is 11.3 Å². The van der Waals surface area contributed by atoms with Crippen molar-refractivity contribution in [3.63, 3.8) is 0 Å². The first kappa shape index (κ1) is 25.1. The Kier molecular flexibility index (Phi) is 6.87. The topological polar surface area (TPSA) is 141 Å². The molecule has 2 aliphatic rings. The minimum Gasteiger partial charge on any atom is -0.489 e. The van der Waals surface area contributed by atoms with Gasteiger partial charge in [-0.05, 0) is 77.5 Å².